The monoisotopic (exact) mass is 319 g/mol. The SMILES string of the molecule is CC(C)(C)c1ccc(Nc2nncc(Nc3ccccc3)n2)cc1. The van der Waals surface area contributed by atoms with Gasteiger partial charge in [-0.1, -0.05) is 51.1 Å². The van der Waals surface area contributed by atoms with Gasteiger partial charge in [0.2, 0.25) is 5.95 Å². The zero-order chi connectivity index (χ0) is 17.0. The van der Waals surface area contributed by atoms with Crippen molar-refractivity contribution in [2.24, 2.45) is 0 Å². The van der Waals surface area contributed by atoms with Gasteiger partial charge in [-0.25, -0.2) is 0 Å². The average molecular weight is 319 g/mol. The van der Waals surface area contributed by atoms with Crippen molar-refractivity contribution >= 4 is 23.1 Å². The lowest BCUT2D eigenvalue weighted by atomic mass is 9.87. The maximum Gasteiger partial charge on any atom is 0.249 e. The quantitative estimate of drug-likeness (QED) is 0.732. The van der Waals surface area contributed by atoms with E-state index in [1.54, 1.807) is 6.20 Å². The third kappa shape index (κ3) is 4.07. The van der Waals surface area contributed by atoms with Gasteiger partial charge in [-0.2, -0.15) is 10.1 Å². The van der Waals surface area contributed by atoms with E-state index >= 15 is 0 Å². The summed E-state index contributed by atoms with van der Waals surface area (Å²) in [6.07, 6.45) is 1.60. The molecular weight excluding hydrogens is 298 g/mol. The number of nitrogens with one attached hydrogen (secondary N) is 2. The van der Waals surface area contributed by atoms with E-state index in [2.05, 4.69) is 58.7 Å². The molecule has 2 aromatic carbocycles. The van der Waals surface area contributed by atoms with Crippen LogP contribution in [0.1, 0.15) is 26.3 Å². The fraction of sp³-hybridized carbons (Fsp3) is 0.211. The van der Waals surface area contributed by atoms with Gasteiger partial charge in [0.1, 0.15) is 0 Å². The van der Waals surface area contributed by atoms with Crippen LogP contribution in [-0.2, 0) is 5.41 Å². The Morgan fingerprint density at radius 3 is 2.12 bits per heavy atom. The lowest BCUT2D eigenvalue weighted by molar-refractivity contribution is 0.590. The van der Waals surface area contributed by atoms with Crippen LogP contribution in [0, 0.1) is 0 Å². The number of hydrogen-bond acceptors (Lipinski definition) is 5. The van der Waals surface area contributed by atoms with Gasteiger partial charge < -0.3 is 10.6 Å². The first kappa shape index (κ1) is 15.9. The van der Waals surface area contributed by atoms with Crippen molar-refractivity contribution in [3.63, 3.8) is 0 Å². The average Bonchev–Trinajstić information content (AvgIpc) is 2.56. The number of rotatable bonds is 4. The predicted molar refractivity (Wildman–Crippen MR) is 98.0 cm³/mol. The van der Waals surface area contributed by atoms with Gasteiger partial charge in [-0.05, 0) is 35.2 Å². The minimum atomic E-state index is 0.135. The van der Waals surface area contributed by atoms with Crippen LogP contribution in [-0.4, -0.2) is 15.2 Å². The fourth-order valence-corrected chi connectivity index (χ4v) is 2.27. The summed E-state index contributed by atoms with van der Waals surface area (Å²) in [4.78, 5) is 4.44. The van der Waals surface area contributed by atoms with Gasteiger partial charge >= 0.3 is 0 Å². The van der Waals surface area contributed by atoms with Crippen LogP contribution >= 0.6 is 0 Å². The minimum Gasteiger partial charge on any atom is -0.339 e. The minimum absolute atomic E-state index is 0.135. The molecule has 0 unspecified atom stereocenters. The Labute approximate surface area is 142 Å². The zero-order valence-corrected chi connectivity index (χ0v) is 14.1. The topological polar surface area (TPSA) is 62.7 Å². The van der Waals surface area contributed by atoms with E-state index in [9.17, 15) is 0 Å². The highest BCUT2D eigenvalue weighted by molar-refractivity contribution is 5.58. The standard InChI is InChI=1S/C19H21N5/c1-19(2,3)14-9-11-16(12-10-14)22-18-23-17(13-20-24-18)21-15-7-5-4-6-8-15/h4-13H,1-3H3,(H2,21,22,23,24). The fourth-order valence-electron chi connectivity index (χ4n) is 2.27. The summed E-state index contributed by atoms with van der Waals surface area (Å²) < 4.78 is 0. The van der Waals surface area contributed by atoms with Gasteiger partial charge in [-0.3, -0.25) is 0 Å². The van der Waals surface area contributed by atoms with Gasteiger partial charge in [0.15, 0.2) is 5.82 Å². The molecule has 0 atom stereocenters. The largest absolute Gasteiger partial charge is 0.339 e. The molecule has 3 rings (SSSR count). The van der Waals surface area contributed by atoms with Crippen molar-refractivity contribution in [2.75, 3.05) is 10.6 Å². The van der Waals surface area contributed by atoms with Crippen LogP contribution in [0.5, 0.6) is 0 Å². The molecule has 122 valence electrons. The summed E-state index contributed by atoms with van der Waals surface area (Å²) in [5.41, 5.74) is 3.31. The molecule has 0 aliphatic rings. The van der Waals surface area contributed by atoms with E-state index < -0.39 is 0 Å². The molecule has 0 spiro atoms. The van der Waals surface area contributed by atoms with Crippen LogP contribution in [0.2, 0.25) is 0 Å². The summed E-state index contributed by atoms with van der Waals surface area (Å²) in [5, 5.41) is 14.4. The molecule has 1 heterocycles. The molecule has 5 nitrogen and oxygen atoms in total. The Kier molecular flexibility index (Phi) is 4.42. The molecule has 0 aliphatic carbocycles. The van der Waals surface area contributed by atoms with Crippen molar-refractivity contribution < 1.29 is 0 Å². The van der Waals surface area contributed by atoms with Gasteiger partial charge in [0.05, 0.1) is 6.20 Å². The molecule has 24 heavy (non-hydrogen) atoms. The Hall–Kier alpha value is -2.95. The van der Waals surface area contributed by atoms with Crippen molar-refractivity contribution in [3.05, 3.63) is 66.4 Å². The molecule has 1 aromatic heterocycles. The van der Waals surface area contributed by atoms with Crippen molar-refractivity contribution in [3.8, 4) is 0 Å². The summed E-state index contributed by atoms with van der Waals surface area (Å²) in [7, 11) is 0. The molecular formula is C19H21N5. The molecule has 3 aromatic rings. The Bertz CT molecular complexity index is 792. The second-order valence-electron chi connectivity index (χ2n) is 6.61. The maximum atomic E-state index is 4.44. The summed E-state index contributed by atoms with van der Waals surface area (Å²) in [6.45, 7) is 6.59. The lowest BCUT2D eigenvalue weighted by Gasteiger charge is -2.19. The maximum absolute atomic E-state index is 4.44. The smallest absolute Gasteiger partial charge is 0.249 e. The molecule has 0 saturated heterocycles. The van der Waals surface area contributed by atoms with Crippen LogP contribution < -0.4 is 10.6 Å². The molecule has 0 radical (unpaired) electrons. The van der Waals surface area contributed by atoms with Crippen molar-refractivity contribution in [2.45, 2.75) is 26.2 Å². The molecule has 0 amide bonds. The van der Waals surface area contributed by atoms with Crippen LogP contribution in [0.4, 0.5) is 23.1 Å². The van der Waals surface area contributed by atoms with E-state index in [4.69, 9.17) is 0 Å². The Balaban J connectivity index is 1.73. The summed E-state index contributed by atoms with van der Waals surface area (Å²) >= 11 is 0. The van der Waals surface area contributed by atoms with Crippen LogP contribution in [0.25, 0.3) is 0 Å². The number of para-hydroxylation sites is 1. The molecule has 0 fully saturated rings. The van der Waals surface area contributed by atoms with Gasteiger partial charge in [-0.15, -0.1) is 5.10 Å². The molecule has 5 heteroatoms. The van der Waals surface area contributed by atoms with Gasteiger partial charge in [0, 0.05) is 11.4 Å². The Morgan fingerprint density at radius 1 is 0.792 bits per heavy atom. The van der Waals surface area contributed by atoms with E-state index in [1.165, 1.54) is 5.56 Å². The number of hydrogen-bond donors (Lipinski definition) is 2. The molecule has 0 saturated carbocycles. The van der Waals surface area contributed by atoms with Crippen LogP contribution in [0.15, 0.2) is 60.8 Å². The molecule has 0 aliphatic heterocycles. The highest BCUT2D eigenvalue weighted by Gasteiger charge is 2.13. The first-order valence-electron chi connectivity index (χ1n) is 7.90. The zero-order valence-electron chi connectivity index (χ0n) is 14.1. The lowest BCUT2D eigenvalue weighted by Crippen LogP contribution is -2.10. The summed E-state index contributed by atoms with van der Waals surface area (Å²) in [6, 6.07) is 18.1. The highest BCUT2D eigenvalue weighted by atomic mass is 15.3. The second kappa shape index (κ2) is 6.66. The summed E-state index contributed by atoms with van der Waals surface area (Å²) in [5.74, 6) is 1.10. The van der Waals surface area contributed by atoms with E-state index in [0.29, 0.717) is 11.8 Å². The highest BCUT2D eigenvalue weighted by Crippen LogP contribution is 2.24. The number of anilines is 4. The predicted octanol–water partition coefficient (Wildman–Crippen LogP) is 4.66. The van der Waals surface area contributed by atoms with E-state index in [-0.39, 0.29) is 5.41 Å². The van der Waals surface area contributed by atoms with Gasteiger partial charge in [0.25, 0.3) is 0 Å². The second-order valence-corrected chi connectivity index (χ2v) is 6.61. The van der Waals surface area contributed by atoms with E-state index in [0.717, 1.165) is 11.4 Å². The molecule has 2 N–H and O–H groups in total. The first-order chi connectivity index (χ1) is 11.5. The third-order valence-electron chi connectivity index (χ3n) is 3.61. The van der Waals surface area contributed by atoms with E-state index in [1.807, 2.05) is 42.5 Å². The van der Waals surface area contributed by atoms with Crippen molar-refractivity contribution in [1.29, 1.82) is 0 Å². The van der Waals surface area contributed by atoms with Crippen molar-refractivity contribution in [1.82, 2.24) is 15.2 Å². The third-order valence-corrected chi connectivity index (χ3v) is 3.61. The number of aromatic nitrogens is 3. The van der Waals surface area contributed by atoms with Crippen LogP contribution in [0.3, 0.4) is 0 Å². The normalized spacial score (nSPS) is 11.1. The molecule has 0 bridgehead atoms. The first-order valence-corrected chi connectivity index (χ1v) is 7.90. The Morgan fingerprint density at radius 2 is 1.46 bits per heavy atom. The number of benzene rings is 2. The number of nitrogens with zero attached hydrogens (tertiary/aromatic N) is 3.